The Labute approximate surface area is 89.0 Å². The third kappa shape index (κ3) is 2.77. The van der Waals surface area contributed by atoms with Crippen molar-refractivity contribution >= 4 is 11.3 Å². The summed E-state index contributed by atoms with van der Waals surface area (Å²) in [6.45, 7) is 6.63. The van der Waals surface area contributed by atoms with E-state index in [2.05, 4.69) is 18.8 Å². The van der Waals surface area contributed by atoms with Crippen LogP contribution in [0.15, 0.2) is 0 Å². The van der Waals surface area contributed by atoms with Crippen molar-refractivity contribution in [2.45, 2.75) is 39.8 Å². The van der Waals surface area contributed by atoms with Crippen LogP contribution in [-0.4, -0.2) is 10.1 Å². The maximum Gasteiger partial charge on any atom is 0.122 e. The van der Waals surface area contributed by atoms with Crippen molar-refractivity contribution < 1.29 is 5.11 Å². The highest BCUT2D eigenvalue weighted by molar-refractivity contribution is 7.11. The van der Waals surface area contributed by atoms with Gasteiger partial charge in [-0.3, -0.25) is 0 Å². The number of rotatable bonds is 4. The Morgan fingerprint density at radius 1 is 1.50 bits per heavy atom. The van der Waals surface area contributed by atoms with Crippen LogP contribution >= 0.6 is 11.3 Å². The van der Waals surface area contributed by atoms with E-state index in [0.717, 1.165) is 22.0 Å². The molecule has 0 fully saturated rings. The van der Waals surface area contributed by atoms with Gasteiger partial charge in [0.1, 0.15) is 11.1 Å². The largest absolute Gasteiger partial charge is 0.386 e. The number of nitrogens with zero attached hydrogens (tertiary/aromatic N) is 1. The summed E-state index contributed by atoms with van der Waals surface area (Å²) in [5.41, 5.74) is 6.51. The summed E-state index contributed by atoms with van der Waals surface area (Å²) in [6, 6.07) is 0. The van der Waals surface area contributed by atoms with E-state index in [0.29, 0.717) is 12.5 Å². The Morgan fingerprint density at radius 3 is 2.57 bits per heavy atom. The summed E-state index contributed by atoms with van der Waals surface area (Å²) >= 11 is 1.52. The second-order valence-corrected chi connectivity index (χ2v) is 5.03. The third-order valence-electron chi connectivity index (χ3n) is 2.07. The van der Waals surface area contributed by atoms with Crippen LogP contribution in [0.25, 0.3) is 0 Å². The van der Waals surface area contributed by atoms with Crippen LogP contribution in [0.5, 0.6) is 0 Å². The Bertz CT molecular complexity index is 296. The minimum absolute atomic E-state index is 0.431. The number of aliphatic hydroxyl groups is 1. The summed E-state index contributed by atoms with van der Waals surface area (Å²) in [5, 5.41) is 10.6. The highest BCUT2D eigenvalue weighted by atomic mass is 32.1. The molecule has 0 aliphatic carbocycles. The fourth-order valence-electron chi connectivity index (χ4n) is 1.33. The molecular formula is C10H18N2OS. The first kappa shape index (κ1) is 11.6. The van der Waals surface area contributed by atoms with Crippen molar-refractivity contribution in [1.82, 2.24) is 4.98 Å². The van der Waals surface area contributed by atoms with Gasteiger partial charge in [0.05, 0.1) is 5.69 Å². The lowest BCUT2D eigenvalue weighted by Gasteiger charge is -2.09. The zero-order chi connectivity index (χ0) is 10.7. The number of nitrogens with two attached hydrogens (primary N) is 1. The predicted octanol–water partition coefficient (Wildman–Crippen LogP) is 1.99. The standard InChI is InChI=1S/C10H18N2OS/c1-6(2)4-8(13)10-12-7(3)9(5-11)14-10/h6,8,13H,4-5,11H2,1-3H3. The van der Waals surface area contributed by atoms with Gasteiger partial charge in [0.15, 0.2) is 0 Å². The molecule has 0 radical (unpaired) electrons. The highest BCUT2D eigenvalue weighted by Crippen LogP contribution is 2.27. The van der Waals surface area contributed by atoms with Gasteiger partial charge in [0.25, 0.3) is 0 Å². The lowest BCUT2D eigenvalue weighted by atomic mass is 10.1. The van der Waals surface area contributed by atoms with E-state index in [1.807, 2.05) is 6.92 Å². The van der Waals surface area contributed by atoms with Gasteiger partial charge >= 0.3 is 0 Å². The third-order valence-corrected chi connectivity index (χ3v) is 3.36. The maximum absolute atomic E-state index is 9.83. The number of aliphatic hydroxyl groups excluding tert-OH is 1. The fraction of sp³-hybridized carbons (Fsp3) is 0.700. The minimum Gasteiger partial charge on any atom is -0.386 e. The van der Waals surface area contributed by atoms with E-state index in [1.165, 1.54) is 11.3 Å². The molecule has 0 aliphatic rings. The Hall–Kier alpha value is -0.450. The van der Waals surface area contributed by atoms with E-state index in [-0.39, 0.29) is 0 Å². The topological polar surface area (TPSA) is 59.1 Å². The molecule has 0 aliphatic heterocycles. The van der Waals surface area contributed by atoms with Gasteiger partial charge in [0.2, 0.25) is 0 Å². The van der Waals surface area contributed by atoms with Gasteiger partial charge in [-0.05, 0) is 19.3 Å². The minimum atomic E-state index is -0.431. The first-order valence-electron chi connectivity index (χ1n) is 4.89. The molecule has 4 heteroatoms. The molecule has 3 nitrogen and oxygen atoms in total. The van der Waals surface area contributed by atoms with Crippen LogP contribution in [0.3, 0.4) is 0 Å². The molecule has 0 amide bonds. The Kier molecular flexibility index (Phi) is 4.04. The molecule has 1 unspecified atom stereocenters. The predicted molar refractivity (Wildman–Crippen MR) is 59.2 cm³/mol. The molecule has 0 saturated carbocycles. The summed E-state index contributed by atoms with van der Waals surface area (Å²) in [6.07, 6.45) is 0.329. The SMILES string of the molecule is Cc1nc(C(O)CC(C)C)sc1CN. The van der Waals surface area contributed by atoms with E-state index >= 15 is 0 Å². The van der Waals surface area contributed by atoms with Gasteiger partial charge in [-0.2, -0.15) is 0 Å². The number of thiazole rings is 1. The van der Waals surface area contributed by atoms with Crippen molar-refractivity contribution in [3.8, 4) is 0 Å². The first-order chi connectivity index (χ1) is 6.54. The Morgan fingerprint density at radius 2 is 2.14 bits per heavy atom. The van der Waals surface area contributed by atoms with Crippen molar-refractivity contribution in [3.63, 3.8) is 0 Å². The average molecular weight is 214 g/mol. The average Bonchev–Trinajstić information content (AvgIpc) is 2.45. The van der Waals surface area contributed by atoms with E-state index in [9.17, 15) is 5.11 Å². The van der Waals surface area contributed by atoms with Gasteiger partial charge in [-0.15, -0.1) is 11.3 Å². The molecule has 1 rings (SSSR count). The van der Waals surface area contributed by atoms with Crippen LogP contribution < -0.4 is 5.73 Å². The molecule has 80 valence electrons. The normalized spacial score (nSPS) is 13.6. The molecule has 0 aromatic carbocycles. The van der Waals surface area contributed by atoms with Crippen molar-refractivity contribution in [1.29, 1.82) is 0 Å². The van der Waals surface area contributed by atoms with E-state index < -0.39 is 6.10 Å². The summed E-state index contributed by atoms with van der Waals surface area (Å²) in [5.74, 6) is 0.482. The summed E-state index contributed by atoms with van der Waals surface area (Å²) < 4.78 is 0. The summed E-state index contributed by atoms with van der Waals surface area (Å²) in [7, 11) is 0. The number of hydrogen-bond acceptors (Lipinski definition) is 4. The molecule has 0 spiro atoms. The van der Waals surface area contributed by atoms with Crippen LogP contribution in [0.2, 0.25) is 0 Å². The van der Waals surface area contributed by atoms with Gasteiger partial charge in [-0.25, -0.2) is 4.98 Å². The first-order valence-corrected chi connectivity index (χ1v) is 5.70. The van der Waals surface area contributed by atoms with Crippen LogP contribution in [0, 0.1) is 12.8 Å². The zero-order valence-electron chi connectivity index (χ0n) is 8.95. The molecule has 14 heavy (non-hydrogen) atoms. The van der Waals surface area contributed by atoms with Gasteiger partial charge in [-0.1, -0.05) is 13.8 Å². The molecule has 1 heterocycles. The highest BCUT2D eigenvalue weighted by Gasteiger charge is 2.15. The number of aromatic nitrogens is 1. The molecule has 1 aromatic heterocycles. The molecule has 1 atom stereocenters. The molecule has 0 saturated heterocycles. The monoisotopic (exact) mass is 214 g/mol. The van der Waals surface area contributed by atoms with Crippen molar-refractivity contribution in [3.05, 3.63) is 15.6 Å². The summed E-state index contributed by atoms with van der Waals surface area (Å²) in [4.78, 5) is 5.40. The molecule has 1 aromatic rings. The van der Waals surface area contributed by atoms with Crippen molar-refractivity contribution in [2.24, 2.45) is 11.7 Å². The van der Waals surface area contributed by atoms with Crippen LogP contribution in [0.4, 0.5) is 0 Å². The molecular weight excluding hydrogens is 196 g/mol. The number of aryl methyl sites for hydroxylation is 1. The molecule has 0 bridgehead atoms. The van der Waals surface area contributed by atoms with Gasteiger partial charge in [0, 0.05) is 11.4 Å². The maximum atomic E-state index is 9.83. The molecule has 3 N–H and O–H groups in total. The van der Waals surface area contributed by atoms with Crippen LogP contribution in [-0.2, 0) is 6.54 Å². The van der Waals surface area contributed by atoms with Crippen LogP contribution in [0.1, 0.15) is 42.0 Å². The van der Waals surface area contributed by atoms with Crippen molar-refractivity contribution in [2.75, 3.05) is 0 Å². The van der Waals surface area contributed by atoms with E-state index in [1.54, 1.807) is 0 Å². The Balaban J connectivity index is 2.75. The lowest BCUT2D eigenvalue weighted by Crippen LogP contribution is -2.01. The fourth-order valence-corrected chi connectivity index (χ4v) is 2.27. The van der Waals surface area contributed by atoms with Gasteiger partial charge < -0.3 is 10.8 Å². The van der Waals surface area contributed by atoms with E-state index in [4.69, 9.17) is 5.73 Å². The zero-order valence-corrected chi connectivity index (χ0v) is 9.77. The quantitative estimate of drug-likeness (QED) is 0.806. The lowest BCUT2D eigenvalue weighted by molar-refractivity contribution is 0.150. The second-order valence-electron chi connectivity index (χ2n) is 3.91. The number of hydrogen-bond donors (Lipinski definition) is 2. The smallest absolute Gasteiger partial charge is 0.122 e. The second kappa shape index (κ2) is 4.87.